The second kappa shape index (κ2) is 12.6. The molecule has 0 spiro atoms. The van der Waals surface area contributed by atoms with Crippen LogP contribution in [0.25, 0.3) is 10.8 Å². The van der Waals surface area contributed by atoms with E-state index in [1.54, 1.807) is 49.4 Å². The van der Waals surface area contributed by atoms with E-state index in [1.807, 2.05) is 0 Å². The van der Waals surface area contributed by atoms with Crippen molar-refractivity contribution in [1.82, 2.24) is 0 Å². The van der Waals surface area contributed by atoms with E-state index < -0.39 is 26.7 Å². The van der Waals surface area contributed by atoms with Gasteiger partial charge in [-0.05, 0) is 47.7 Å². The van der Waals surface area contributed by atoms with Crippen LogP contribution in [0, 0.1) is 0 Å². The predicted octanol–water partition coefficient (Wildman–Crippen LogP) is 3.71. The molecule has 0 radical (unpaired) electrons. The van der Waals surface area contributed by atoms with Gasteiger partial charge in [-0.15, -0.1) is 0 Å². The van der Waals surface area contributed by atoms with Gasteiger partial charge in [0.2, 0.25) is 0 Å². The van der Waals surface area contributed by atoms with Crippen LogP contribution in [-0.4, -0.2) is 26.0 Å². The summed E-state index contributed by atoms with van der Waals surface area (Å²) in [6, 6.07) is 15.5. The zero-order valence-corrected chi connectivity index (χ0v) is 25.4. The molecule has 9 nitrogen and oxygen atoms in total. The second-order valence-electron chi connectivity index (χ2n) is 8.03. The van der Waals surface area contributed by atoms with Crippen molar-refractivity contribution in [3.8, 4) is 11.5 Å². The molecule has 4 rings (SSSR count). The number of benzene rings is 4. The van der Waals surface area contributed by atoms with E-state index in [2.05, 4.69) is 15.5 Å². The van der Waals surface area contributed by atoms with Crippen molar-refractivity contribution in [2.75, 3.05) is 12.4 Å². The van der Waals surface area contributed by atoms with Gasteiger partial charge in [-0.3, -0.25) is 9.35 Å². The molecule has 4 aromatic carbocycles. The van der Waals surface area contributed by atoms with Gasteiger partial charge in [0, 0.05) is 16.0 Å². The molecule has 0 saturated heterocycles. The minimum Gasteiger partial charge on any atom is -0.870 e. The molecule has 2 N–H and O–H groups in total. The van der Waals surface area contributed by atoms with Crippen molar-refractivity contribution in [3.63, 3.8) is 0 Å². The van der Waals surface area contributed by atoms with Crippen molar-refractivity contribution in [2.24, 2.45) is 10.2 Å². The monoisotopic (exact) mass is 595 g/mol. The molecule has 0 saturated carbocycles. The number of hydrogen-bond acceptors (Lipinski definition) is 7. The Balaban J connectivity index is 0.00000420. The number of halogens is 2. The molecule has 0 aliphatic carbocycles. The van der Waals surface area contributed by atoms with Gasteiger partial charge in [-0.2, -0.15) is 18.6 Å². The fourth-order valence-corrected chi connectivity index (χ4v) is 5.36. The van der Waals surface area contributed by atoms with Gasteiger partial charge in [0.1, 0.15) is 15.7 Å². The Hall–Kier alpha value is -2.70. The molecule has 196 valence electrons. The smallest absolute Gasteiger partial charge is 0.870 e. The molecule has 4 aromatic rings. The van der Waals surface area contributed by atoms with Crippen molar-refractivity contribution in [3.05, 3.63) is 81.8 Å². The fourth-order valence-electron chi connectivity index (χ4n) is 3.87. The number of ether oxygens (including phenoxy) is 1. The largest absolute Gasteiger partial charge is 1.00 e. The topological polar surface area (TPSA) is 140 Å². The second-order valence-corrected chi connectivity index (χ2v) is 10.2. The number of nitrogens with zero attached hydrogens (tertiary/aromatic N) is 2. The van der Waals surface area contributed by atoms with Crippen LogP contribution in [0.3, 0.4) is 0 Å². The van der Waals surface area contributed by atoms with Crippen molar-refractivity contribution in [1.29, 1.82) is 0 Å². The number of carbonyl (C=O) groups excluding carboxylic acids is 1. The molecule has 0 atom stereocenters. The molecule has 0 aliphatic heterocycles. The van der Waals surface area contributed by atoms with E-state index >= 15 is 0 Å². The Bertz CT molecular complexity index is 1710. The van der Waals surface area contributed by atoms with Crippen LogP contribution < -0.4 is 44.7 Å². The molecule has 0 fully saturated rings. The molecule has 39 heavy (non-hydrogen) atoms. The van der Waals surface area contributed by atoms with Crippen LogP contribution in [0.5, 0.6) is 11.5 Å². The van der Waals surface area contributed by atoms with Crippen molar-refractivity contribution >= 4 is 67.1 Å². The maximum Gasteiger partial charge on any atom is 1.00 e. The predicted molar refractivity (Wildman–Crippen MR) is 144 cm³/mol. The maximum atomic E-state index is 13.4. The Morgan fingerprint density at radius 2 is 1.79 bits per heavy atom. The van der Waals surface area contributed by atoms with E-state index in [-0.39, 0.29) is 74.2 Å². The van der Waals surface area contributed by atoms with Crippen LogP contribution in [0.2, 0.25) is 10.0 Å². The number of methoxy groups -OCH3 is 1. The van der Waals surface area contributed by atoms with Crippen LogP contribution in [0.4, 0.5) is 17.1 Å². The van der Waals surface area contributed by atoms with Crippen LogP contribution in [-0.2, 0) is 16.5 Å². The minimum atomic E-state index is -4.59. The van der Waals surface area contributed by atoms with Gasteiger partial charge in [0.05, 0.1) is 24.2 Å². The van der Waals surface area contributed by atoms with Gasteiger partial charge in [0.15, 0.2) is 0 Å². The van der Waals surface area contributed by atoms with Gasteiger partial charge in [0.25, 0.3) is 16.0 Å². The maximum absolute atomic E-state index is 13.4. The quantitative estimate of drug-likeness (QED) is 0.189. The molecule has 0 heterocycles. The Morgan fingerprint density at radius 3 is 2.46 bits per heavy atom. The van der Waals surface area contributed by atoms with E-state index in [9.17, 15) is 22.9 Å². The SMILES string of the molecule is CCc1c(Cl)cc(N=Nc2c([O-])c(C(=O)Nc3cccc(OC)c3Cl)cc3ccccc23)cc1S(=O)(=O)O.[Na+]. The van der Waals surface area contributed by atoms with E-state index in [4.69, 9.17) is 27.9 Å². The third-order valence-corrected chi connectivity index (χ3v) is 7.33. The molecular formula is C26H20Cl2N3NaO6S. The number of fused-ring (bicyclic) bond motifs is 1. The number of amides is 1. The van der Waals surface area contributed by atoms with Crippen LogP contribution >= 0.6 is 23.2 Å². The molecule has 1 amide bonds. The number of hydrogen-bond donors (Lipinski definition) is 2. The molecule has 13 heteroatoms. The number of anilines is 1. The van der Waals surface area contributed by atoms with Crippen molar-refractivity contribution in [2.45, 2.75) is 18.2 Å². The summed E-state index contributed by atoms with van der Waals surface area (Å²) in [5, 5.41) is 25.3. The van der Waals surface area contributed by atoms with Crippen molar-refractivity contribution < 1.29 is 57.2 Å². The van der Waals surface area contributed by atoms with E-state index in [0.717, 1.165) is 6.07 Å². The third kappa shape index (κ3) is 6.55. The summed E-state index contributed by atoms with van der Waals surface area (Å²) in [6.07, 6.45) is 0.245. The number of carbonyl (C=O) groups is 1. The van der Waals surface area contributed by atoms with E-state index in [1.165, 1.54) is 19.2 Å². The first-order valence-electron chi connectivity index (χ1n) is 11.1. The number of nitrogens with one attached hydrogen (secondary N) is 1. The molecule has 0 aliphatic rings. The van der Waals surface area contributed by atoms with E-state index in [0.29, 0.717) is 16.5 Å². The average Bonchev–Trinajstić information content (AvgIpc) is 2.88. The number of rotatable bonds is 7. The average molecular weight is 596 g/mol. The molecule has 0 aromatic heterocycles. The summed E-state index contributed by atoms with van der Waals surface area (Å²) in [7, 11) is -3.16. The van der Waals surface area contributed by atoms with Gasteiger partial charge in [-0.1, -0.05) is 66.2 Å². The molecule has 0 unspecified atom stereocenters. The van der Waals surface area contributed by atoms with Gasteiger partial charge < -0.3 is 15.2 Å². The summed E-state index contributed by atoms with van der Waals surface area (Å²) in [4.78, 5) is 12.7. The summed E-state index contributed by atoms with van der Waals surface area (Å²) in [5.41, 5.74) is 0.0954. The van der Waals surface area contributed by atoms with Gasteiger partial charge in [-0.25, -0.2) is 0 Å². The summed E-state index contributed by atoms with van der Waals surface area (Å²) >= 11 is 12.5. The first kappa shape index (κ1) is 30.8. The molecular weight excluding hydrogens is 576 g/mol. The number of azo groups is 1. The standard InChI is InChI=1S/C26H21Cl2N3O6S.Na/c1-3-16-19(27)12-15(13-22(16)38(34,35)36)30-31-24-17-8-5-4-7-14(17)11-18(25(24)32)26(33)29-20-9-6-10-21(37-2)23(20)28;/h4-13,32H,3H2,1-2H3,(H,29,33)(H,34,35,36);/q;+1/p-1. The normalized spacial score (nSPS) is 11.4. The minimum absolute atomic E-state index is 0. The Kier molecular flexibility index (Phi) is 10.0. The first-order chi connectivity index (χ1) is 18.0. The summed E-state index contributed by atoms with van der Waals surface area (Å²) in [6.45, 7) is 1.68. The Morgan fingerprint density at radius 1 is 1.08 bits per heavy atom. The zero-order valence-electron chi connectivity index (χ0n) is 21.0. The zero-order chi connectivity index (χ0) is 27.6. The summed E-state index contributed by atoms with van der Waals surface area (Å²) < 4.78 is 38.5. The van der Waals surface area contributed by atoms with Crippen LogP contribution in [0.1, 0.15) is 22.8 Å². The van der Waals surface area contributed by atoms with Crippen LogP contribution in [0.15, 0.2) is 75.8 Å². The fraction of sp³-hybridized carbons (Fsp3) is 0.115. The third-order valence-electron chi connectivity index (χ3n) is 5.69. The first-order valence-corrected chi connectivity index (χ1v) is 13.3. The van der Waals surface area contributed by atoms with Gasteiger partial charge >= 0.3 is 29.6 Å². The molecule has 0 bridgehead atoms. The Labute approximate surface area is 256 Å². The summed E-state index contributed by atoms with van der Waals surface area (Å²) in [5.74, 6) is -1.09.